The number of ether oxygens (including phenoxy) is 3. The lowest BCUT2D eigenvalue weighted by Crippen LogP contribution is -2.27. The molecule has 0 fully saturated rings. The first kappa shape index (κ1) is 38.1. The molecule has 0 saturated heterocycles. The van der Waals surface area contributed by atoms with Crippen LogP contribution in [0.4, 0.5) is 27.2 Å². The highest BCUT2D eigenvalue weighted by molar-refractivity contribution is 7.30. The third-order valence-corrected chi connectivity index (χ3v) is 9.51. The summed E-state index contributed by atoms with van der Waals surface area (Å²) in [6, 6.07) is 15.6. The van der Waals surface area contributed by atoms with Gasteiger partial charge in [0, 0.05) is 24.4 Å². The van der Waals surface area contributed by atoms with Gasteiger partial charge in [-0.2, -0.15) is 0 Å². The summed E-state index contributed by atoms with van der Waals surface area (Å²) in [5.74, 6) is 0.0447. The Balaban J connectivity index is 1.17. The predicted molar refractivity (Wildman–Crippen MR) is 201 cm³/mol. The van der Waals surface area contributed by atoms with Gasteiger partial charge in [-0.3, -0.25) is 0 Å². The van der Waals surface area contributed by atoms with Crippen LogP contribution in [-0.2, 0) is 19.1 Å². The van der Waals surface area contributed by atoms with Crippen molar-refractivity contribution in [1.29, 1.82) is 0 Å². The van der Waals surface area contributed by atoms with Gasteiger partial charge in [0.05, 0.1) is 35.8 Å². The van der Waals surface area contributed by atoms with E-state index in [0.29, 0.717) is 24.9 Å². The number of carbonyl (C=O) groups excluding carboxylic acids is 2. The summed E-state index contributed by atoms with van der Waals surface area (Å²) in [7, 11) is 0. The van der Waals surface area contributed by atoms with Gasteiger partial charge in [0.1, 0.15) is 22.2 Å². The summed E-state index contributed by atoms with van der Waals surface area (Å²) in [5.41, 5.74) is 3.51. The van der Waals surface area contributed by atoms with E-state index in [4.69, 9.17) is 14.2 Å². The Morgan fingerprint density at radius 3 is 2.14 bits per heavy atom. The molecule has 0 N–H and O–H groups in total. The van der Waals surface area contributed by atoms with Crippen molar-refractivity contribution in [2.45, 2.75) is 58.8 Å². The number of carbonyl (C=O) groups is 2. The van der Waals surface area contributed by atoms with Gasteiger partial charge in [0.25, 0.3) is 0 Å². The van der Waals surface area contributed by atoms with Gasteiger partial charge in [-0.1, -0.05) is 67.9 Å². The molecule has 50 heavy (non-hydrogen) atoms. The average Bonchev–Trinajstić information content (AvgIpc) is 3.70. The Kier molecular flexibility index (Phi) is 15.7. The van der Waals surface area contributed by atoms with Crippen molar-refractivity contribution in [2.24, 2.45) is 20.5 Å². The van der Waals surface area contributed by atoms with E-state index in [2.05, 4.69) is 56.5 Å². The van der Waals surface area contributed by atoms with Gasteiger partial charge >= 0.3 is 11.9 Å². The molecule has 0 bridgehead atoms. The first-order valence-electron chi connectivity index (χ1n) is 16.8. The Morgan fingerprint density at radius 2 is 1.48 bits per heavy atom. The quantitative estimate of drug-likeness (QED) is 0.0343. The number of unbranched alkanes of at least 4 members (excludes halogenated alkanes) is 6. The average molecular weight is 717 g/mol. The molecule has 0 aliphatic carbocycles. The molecule has 0 radical (unpaired) electrons. The van der Waals surface area contributed by atoms with Gasteiger partial charge in [0.15, 0.2) is 0 Å². The maximum atomic E-state index is 11.3. The van der Waals surface area contributed by atoms with E-state index in [9.17, 15) is 9.59 Å². The van der Waals surface area contributed by atoms with Crippen LogP contribution in [0.3, 0.4) is 0 Å². The van der Waals surface area contributed by atoms with Crippen molar-refractivity contribution in [3.8, 4) is 5.75 Å². The largest absolute Gasteiger partial charge is 0.494 e. The third kappa shape index (κ3) is 12.6. The number of azo groups is 2. The van der Waals surface area contributed by atoms with Gasteiger partial charge in [-0.15, -0.1) is 20.5 Å². The number of fused-ring (bicyclic) bond motifs is 1. The minimum atomic E-state index is -0.422. The Hall–Kier alpha value is -4.75. The van der Waals surface area contributed by atoms with Crippen LogP contribution in [0.1, 0.15) is 57.4 Å². The van der Waals surface area contributed by atoms with Crippen LogP contribution < -0.4 is 9.64 Å². The molecule has 0 amide bonds. The van der Waals surface area contributed by atoms with Crippen molar-refractivity contribution in [3.05, 3.63) is 79.4 Å². The number of thiophene rings is 1. The van der Waals surface area contributed by atoms with Crippen molar-refractivity contribution < 1.29 is 23.8 Å². The monoisotopic (exact) mass is 716 g/mol. The number of hydrogen-bond donors (Lipinski definition) is 0. The second-order valence-corrected chi connectivity index (χ2v) is 13.3. The lowest BCUT2D eigenvalue weighted by molar-refractivity contribution is -0.138. The van der Waals surface area contributed by atoms with E-state index in [1.54, 1.807) is 0 Å². The van der Waals surface area contributed by atoms with Crippen LogP contribution in [0.5, 0.6) is 5.75 Å². The summed E-state index contributed by atoms with van der Waals surface area (Å²) in [5, 5.41) is 19.0. The van der Waals surface area contributed by atoms with E-state index in [1.807, 2.05) is 49.4 Å². The summed E-state index contributed by atoms with van der Waals surface area (Å²) >= 11 is 2.91. The first-order valence-corrected chi connectivity index (χ1v) is 18.4. The van der Waals surface area contributed by atoms with Gasteiger partial charge in [0.2, 0.25) is 5.13 Å². The molecule has 2 aromatic carbocycles. The van der Waals surface area contributed by atoms with Crippen molar-refractivity contribution in [3.63, 3.8) is 0 Å². The zero-order chi connectivity index (χ0) is 35.6. The summed E-state index contributed by atoms with van der Waals surface area (Å²) in [6.07, 6.45) is 9.95. The number of aromatic nitrogens is 1. The van der Waals surface area contributed by atoms with Crippen LogP contribution in [0.25, 0.3) is 9.53 Å². The van der Waals surface area contributed by atoms with Crippen molar-refractivity contribution >= 4 is 71.3 Å². The second kappa shape index (κ2) is 20.7. The van der Waals surface area contributed by atoms with E-state index in [-0.39, 0.29) is 12.6 Å². The van der Waals surface area contributed by atoms with E-state index < -0.39 is 5.97 Å². The Bertz CT molecular complexity index is 1730. The second-order valence-electron chi connectivity index (χ2n) is 11.3. The molecular formula is C37H44N6O5S2. The molecule has 4 rings (SSSR count). The van der Waals surface area contributed by atoms with Gasteiger partial charge < -0.3 is 19.1 Å². The number of esters is 2. The fourth-order valence-electron chi connectivity index (χ4n) is 4.86. The van der Waals surface area contributed by atoms with Crippen LogP contribution in [-0.4, -0.2) is 49.8 Å². The summed E-state index contributed by atoms with van der Waals surface area (Å²) < 4.78 is 17.0. The highest BCUT2D eigenvalue weighted by Crippen LogP contribution is 2.39. The fraction of sp³-hybridized carbons (Fsp3) is 0.378. The molecule has 0 saturated carbocycles. The summed E-state index contributed by atoms with van der Waals surface area (Å²) in [6.45, 7) is 13.7. The van der Waals surface area contributed by atoms with Crippen LogP contribution in [0.15, 0.2) is 94.3 Å². The van der Waals surface area contributed by atoms with Crippen LogP contribution in [0.2, 0.25) is 0 Å². The maximum Gasteiger partial charge on any atom is 0.330 e. The third-order valence-electron chi connectivity index (χ3n) is 7.58. The highest BCUT2D eigenvalue weighted by atomic mass is 32.1. The van der Waals surface area contributed by atoms with E-state index >= 15 is 0 Å². The number of thiazole rings is 1. The molecule has 4 aromatic rings. The zero-order valence-electron chi connectivity index (χ0n) is 28.7. The van der Waals surface area contributed by atoms with E-state index in [1.165, 1.54) is 47.7 Å². The minimum Gasteiger partial charge on any atom is -0.494 e. The molecule has 0 aliphatic heterocycles. The Morgan fingerprint density at radius 1 is 0.800 bits per heavy atom. The SMILES string of the molecule is C=CC(=O)OCCCCCCCCCOc1ccc(N=Nc2cc3sc(N=Nc4ccc(N(CC)CCOC(=O)C=C)cc4C)nc3s2)cc1. The number of likely N-dealkylation sites (N-methyl/N-ethyl adjacent to an activating group) is 1. The number of nitrogens with zero attached hydrogens (tertiary/aromatic N) is 6. The molecule has 0 aliphatic rings. The molecule has 0 unspecified atom stereocenters. The number of aryl methyl sites for hydroxylation is 1. The fourth-order valence-corrected chi connectivity index (χ4v) is 6.71. The van der Waals surface area contributed by atoms with Gasteiger partial charge in [-0.05, 0) is 80.8 Å². The number of hydrogen-bond acceptors (Lipinski definition) is 13. The number of anilines is 1. The van der Waals surface area contributed by atoms with Crippen molar-refractivity contribution in [1.82, 2.24) is 4.98 Å². The standard InChI is InChI=1S/C37H44N6O5S2/c1-5-34(44)47-23-14-12-10-8-9-11-13-22-46-30-18-15-28(16-19-30)39-41-33-26-32-36(50-33)38-37(49-32)42-40-31-20-17-29(25-27(31)4)43(7-3)21-24-48-35(45)6-2/h5-6,15-20,25-26H,1-2,7-14,21-24H2,3-4H3. The maximum absolute atomic E-state index is 11.3. The van der Waals surface area contributed by atoms with Gasteiger partial charge in [-0.25, -0.2) is 14.6 Å². The summed E-state index contributed by atoms with van der Waals surface area (Å²) in [4.78, 5) is 29.9. The number of benzene rings is 2. The molecule has 0 atom stereocenters. The molecule has 11 nitrogen and oxygen atoms in total. The molecule has 2 heterocycles. The smallest absolute Gasteiger partial charge is 0.330 e. The van der Waals surface area contributed by atoms with Crippen LogP contribution >= 0.6 is 22.7 Å². The Labute approximate surface area is 301 Å². The lowest BCUT2D eigenvalue weighted by atomic mass is 10.1. The molecule has 2 aromatic heterocycles. The molecule has 13 heteroatoms. The van der Waals surface area contributed by atoms with Crippen molar-refractivity contribution in [2.75, 3.05) is 37.8 Å². The zero-order valence-corrected chi connectivity index (χ0v) is 30.3. The van der Waals surface area contributed by atoms with Crippen LogP contribution in [0, 0.1) is 6.92 Å². The highest BCUT2D eigenvalue weighted by Gasteiger charge is 2.10. The normalized spacial score (nSPS) is 11.3. The predicted octanol–water partition coefficient (Wildman–Crippen LogP) is 10.9. The minimum absolute atomic E-state index is 0.289. The first-order chi connectivity index (χ1) is 24.4. The lowest BCUT2D eigenvalue weighted by Gasteiger charge is -2.23. The molecule has 264 valence electrons. The molecule has 0 spiro atoms. The van der Waals surface area contributed by atoms with E-state index in [0.717, 1.165) is 81.6 Å². The number of rotatable bonds is 22. The molecular weight excluding hydrogens is 673 g/mol. The topological polar surface area (TPSA) is 127 Å².